The number of methoxy groups -OCH3 is 3. The van der Waals surface area contributed by atoms with Gasteiger partial charge in [0.2, 0.25) is 11.7 Å². The molecule has 7 heterocycles. The number of allylic oxidation sites excluding steroid dienone is 5. The number of hydrogen-bond acceptors (Lipinski definition) is 30. The topological polar surface area (TPSA) is 433 Å². The van der Waals surface area contributed by atoms with E-state index in [1.807, 2.05) is 79.8 Å². The summed E-state index contributed by atoms with van der Waals surface area (Å²) in [5.74, 6) is -7.59. The van der Waals surface area contributed by atoms with Crippen LogP contribution in [0.2, 0.25) is 0 Å². The van der Waals surface area contributed by atoms with Gasteiger partial charge in [0.05, 0.1) is 148 Å². The van der Waals surface area contributed by atoms with E-state index in [4.69, 9.17) is 87.3 Å². The lowest BCUT2D eigenvalue weighted by atomic mass is 9.78. The van der Waals surface area contributed by atoms with E-state index in [1.165, 1.54) is 23.9 Å². The molecule has 2 bridgehead atoms. The van der Waals surface area contributed by atoms with E-state index in [0.29, 0.717) is 222 Å². The first-order valence-electron chi connectivity index (χ1n) is 45.0. The van der Waals surface area contributed by atoms with Gasteiger partial charge >= 0.3 is 12.1 Å². The van der Waals surface area contributed by atoms with Gasteiger partial charge in [-0.25, -0.2) is 24.2 Å². The van der Waals surface area contributed by atoms with Crippen LogP contribution in [0.1, 0.15) is 149 Å². The number of nitrogens with one attached hydrogen (secondary N) is 1. The SMILES string of the molecule is CO[C@H]1C[C@@H]2CC[C@@H](C)[C@@](O)(O2)C(=O)C(=O)N2CCCC[C@H]2C(=O)O[C@H](C[C@H](O)[C@H](C)C[C@@H]2CC[C@@H](OC(=O)NCCOCCOCCOCCOCCOCCOCCOCCOCCC(=O)N3CCc4cc(Cn5nc(-c6ccc7oc(N)nc7c6)c6c(N)ncnc65)ccc4C3)[C@H](OC)C2)[C@H](C)/C=C(\C)[C@@H](O)[C@@H](OC)C(=O)[C@H](C)C[C@H](C)/C=C/C=C/C=C1C. The van der Waals surface area contributed by atoms with Crippen molar-refractivity contribution in [2.75, 3.05) is 158 Å². The number of ether oxygens (including phenoxy) is 14. The van der Waals surface area contributed by atoms with Crippen LogP contribution in [0, 0.1) is 35.5 Å². The largest absolute Gasteiger partial charge is 0.460 e. The fourth-order valence-electron chi connectivity index (χ4n) is 17.3. The van der Waals surface area contributed by atoms with E-state index in [9.17, 15) is 44.1 Å². The van der Waals surface area contributed by atoms with Gasteiger partial charge in [0.1, 0.15) is 53.8 Å². The van der Waals surface area contributed by atoms with Gasteiger partial charge in [-0.05, 0) is 148 Å². The van der Waals surface area contributed by atoms with Crippen LogP contribution in [-0.2, 0) is 110 Å². The highest BCUT2D eigenvalue weighted by Gasteiger charge is 2.53. The fraction of sp³-hybridized carbons (Fsp3) is 0.656. The number of rotatable bonds is 39. The van der Waals surface area contributed by atoms with Crippen LogP contribution in [0.5, 0.6) is 0 Å². The second-order valence-corrected chi connectivity index (χ2v) is 34.1. The van der Waals surface area contributed by atoms with Crippen LogP contribution >= 0.6 is 0 Å². The molecule has 16 atom stereocenters. The van der Waals surface area contributed by atoms with Gasteiger partial charge in [0.25, 0.3) is 17.7 Å². The molecule has 2 aromatic carbocycles. The summed E-state index contributed by atoms with van der Waals surface area (Å²) in [6, 6.07) is 10.7. The van der Waals surface area contributed by atoms with Crippen LogP contribution in [0.25, 0.3) is 33.4 Å². The number of Topliss-reactive ketones (excluding diaryl/α,β-unsaturated/α-hetero) is 2. The molecule has 10 rings (SSSR count). The number of nitrogens with two attached hydrogens (primary N) is 2. The third-order valence-corrected chi connectivity index (χ3v) is 24.7. The number of esters is 1. The number of carbonyl (C=O) groups excluding carboxylic acids is 6. The van der Waals surface area contributed by atoms with Gasteiger partial charge in [-0.2, -0.15) is 10.1 Å². The molecular weight excluding hydrogens is 1640 g/mol. The number of fused-ring (bicyclic) bond motifs is 6. The second kappa shape index (κ2) is 51.1. The molecule has 5 aromatic rings. The number of aromatic nitrogens is 5. The number of nitrogen functional groups attached to an aromatic ring is 2. The Hall–Kier alpha value is -8.56. The third-order valence-electron chi connectivity index (χ3n) is 24.7. The standard InChI is InChI=1S/C93H136N10O24/c1-59-16-12-11-13-17-60(2)77(113-8)54-71-24-19-65(7)93(112,127-71)86(108)89(109)102-30-15-14-18-73(102)90(110)124-78(62(4)49-64(6)84(107)85(115-10)83(106)63(5)48-59)55-74(104)61(3)50-66-21-25-76(79(52-66)114-9)126-92(111)96-29-33-117-35-37-119-39-41-121-43-45-123-47-46-122-44-42-120-40-38-118-36-34-116-32-28-80(105)101-31-27-68-51-67(20-22-70(68)57-101)56-103-88-81(87(94)97-58-98-88)82(100-103)69-23-26-75-72(53-69)99-91(95)125-75/h11-13,16-17,20,22-23,26,49,51,53,58-59,61-63,65-66,71,73-74,76-79,84-85,104,107,112H,14-15,18-19,21,24-25,27-48,50,52,54-57H2,1-10H3,(H2,95,99)(H,96,111)(H2,94,97,98)/b13-11+,16-12+,60-17?,64-49+/t59-,61-,62-,63-,65-,66+,71+,73+,74+,76-,77+,78-,79-,84-,85+,93-/m1/s1. The Morgan fingerprint density at radius 2 is 1.39 bits per heavy atom. The Balaban J connectivity index is 0.542. The number of carbonyl (C=O) groups is 6. The molecule has 1 aliphatic carbocycles. The average molecular weight is 1780 g/mol. The zero-order valence-corrected chi connectivity index (χ0v) is 75.6. The van der Waals surface area contributed by atoms with Gasteiger partial charge in [-0.3, -0.25) is 19.2 Å². The molecule has 4 aliphatic heterocycles. The maximum absolute atomic E-state index is 14.7. The minimum Gasteiger partial charge on any atom is -0.460 e. The zero-order valence-electron chi connectivity index (χ0n) is 75.6. The first-order valence-corrected chi connectivity index (χ1v) is 45.0. The highest BCUT2D eigenvalue weighted by molar-refractivity contribution is 6.39. The molecular formula is C93H136N10O24. The number of cyclic esters (lactones) is 1. The molecule has 0 unspecified atom stereocenters. The Kier molecular flexibility index (Phi) is 40.5. The lowest BCUT2D eigenvalue weighted by molar-refractivity contribution is -0.265. The minimum absolute atomic E-state index is 0.0117. The predicted molar refractivity (Wildman–Crippen MR) is 471 cm³/mol. The number of anilines is 2. The predicted octanol–water partition coefficient (Wildman–Crippen LogP) is 8.97. The maximum Gasteiger partial charge on any atom is 0.407 e. The third kappa shape index (κ3) is 29.5. The van der Waals surface area contributed by atoms with Crippen LogP contribution < -0.4 is 16.8 Å². The summed E-state index contributed by atoms with van der Waals surface area (Å²) in [6.45, 7) is 20.5. The van der Waals surface area contributed by atoms with Crippen molar-refractivity contribution in [1.29, 1.82) is 0 Å². The first-order chi connectivity index (χ1) is 61.3. The second-order valence-electron chi connectivity index (χ2n) is 34.1. The van der Waals surface area contributed by atoms with Crippen LogP contribution in [-0.4, -0.2) is 293 Å². The smallest absolute Gasteiger partial charge is 0.407 e. The average Bonchev–Trinajstić information content (AvgIpc) is 0.960. The summed E-state index contributed by atoms with van der Waals surface area (Å²) >= 11 is 0. The van der Waals surface area contributed by atoms with Gasteiger partial charge in [0, 0.05) is 83.7 Å². The van der Waals surface area contributed by atoms with E-state index in [-0.39, 0.29) is 74.4 Å². The molecule has 3 aromatic heterocycles. The molecule has 0 spiro atoms. The molecule has 34 heteroatoms. The van der Waals surface area contributed by atoms with Crippen molar-refractivity contribution in [2.24, 2.45) is 35.5 Å². The lowest BCUT2D eigenvalue weighted by Crippen LogP contribution is -2.61. The summed E-state index contributed by atoms with van der Waals surface area (Å²) in [4.78, 5) is 100. The van der Waals surface area contributed by atoms with E-state index in [0.717, 1.165) is 28.7 Å². The molecule has 2 saturated heterocycles. The minimum atomic E-state index is -2.47. The van der Waals surface area contributed by atoms with Crippen molar-refractivity contribution in [3.8, 4) is 11.3 Å². The summed E-state index contributed by atoms with van der Waals surface area (Å²) < 4.78 is 88.3. The first kappa shape index (κ1) is 101. The molecule has 5 aliphatic rings. The number of nitrogens with zero attached hydrogens (tertiary/aromatic N) is 7. The Bertz CT molecular complexity index is 4460. The molecule has 3 amide bonds. The van der Waals surface area contributed by atoms with Crippen LogP contribution in [0.4, 0.5) is 16.6 Å². The van der Waals surface area contributed by atoms with Crippen LogP contribution in [0.15, 0.2) is 94.7 Å². The number of hydrogen-bond donors (Lipinski definition) is 6. The Morgan fingerprint density at radius 1 is 0.709 bits per heavy atom. The van der Waals surface area contributed by atoms with E-state index >= 15 is 0 Å². The Labute approximate surface area is 744 Å². The number of amides is 3. The number of piperidine rings is 1. The summed E-state index contributed by atoms with van der Waals surface area (Å²) in [5.41, 5.74) is 20.0. The molecule has 3 fully saturated rings. The number of ketones is 2. The van der Waals surface area contributed by atoms with Crippen molar-refractivity contribution in [1.82, 2.24) is 39.8 Å². The van der Waals surface area contributed by atoms with Crippen LogP contribution in [0.3, 0.4) is 0 Å². The molecule has 1 saturated carbocycles. The zero-order chi connectivity index (χ0) is 90.9. The van der Waals surface area contributed by atoms with Gasteiger partial charge in [0.15, 0.2) is 17.0 Å². The number of alkyl carbamates (subject to hydrolysis) is 1. The Morgan fingerprint density at radius 3 is 2.06 bits per heavy atom. The van der Waals surface area contributed by atoms with E-state index in [2.05, 4.69) is 38.5 Å². The number of aliphatic hydroxyl groups is 3. The van der Waals surface area contributed by atoms with Crippen molar-refractivity contribution >= 4 is 69.4 Å². The summed E-state index contributed by atoms with van der Waals surface area (Å²) in [5, 5.41) is 44.4. The highest BCUT2D eigenvalue weighted by atomic mass is 16.6. The van der Waals surface area contributed by atoms with Crippen molar-refractivity contribution < 1.29 is 115 Å². The monoisotopic (exact) mass is 1780 g/mol. The highest BCUT2D eigenvalue weighted by Crippen LogP contribution is 2.40. The number of aliphatic hydroxyl groups excluding tert-OH is 2. The fourth-order valence-corrected chi connectivity index (χ4v) is 17.3. The molecule has 702 valence electrons. The van der Waals surface area contributed by atoms with E-state index in [1.54, 1.807) is 47.1 Å². The van der Waals surface area contributed by atoms with Crippen molar-refractivity contribution in [2.45, 2.75) is 212 Å². The number of benzene rings is 2. The molecule has 127 heavy (non-hydrogen) atoms. The molecule has 34 nitrogen and oxygen atoms in total. The van der Waals surface area contributed by atoms with Gasteiger partial charge < -0.3 is 113 Å². The summed E-state index contributed by atoms with van der Waals surface area (Å²) in [6.07, 6.45) is 11.6. The van der Waals surface area contributed by atoms with Gasteiger partial charge in [-0.15, -0.1) is 0 Å². The summed E-state index contributed by atoms with van der Waals surface area (Å²) in [7, 11) is 4.52. The lowest BCUT2D eigenvalue weighted by Gasteiger charge is -2.42. The number of oxazole rings is 1. The quantitative estimate of drug-likeness (QED) is 0.00924. The molecule has 0 radical (unpaired) electrons. The maximum atomic E-state index is 14.7. The van der Waals surface area contributed by atoms with E-state index < -0.39 is 102 Å². The normalized spacial score (nSPS) is 26.6. The van der Waals surface area contributed by atoms with Crippen molar-refractivity contribution in [3.05, 3.63) is 107 Å². The van der Waals surface area contributed by atoms with Crippen molar-refractivity contribution in [3.63, 3.8) is 0 Å². The van der Waals surface area contributed by atoms with Gasteiger partial charge in [-0.1, -0.05) is 89.3 Å². The molecule has 8 N–H and O–H groups in total.